The monoisotopic (exact) mass is 666 g/mol. The maximum atomic E-state index is 14.0. The Morgan fingerprint density at radius 2 is 1.02 bits per heavy atom. The van der Waals surface area contributed by atoms with Crippen LogP contribution in [0.15, 0.2) is 182 Å². The first-order valence-corrected chi connectivity index (χ1v) is 17.4. The standard InChI is InChI=1S/C47H30N4O/c52-46(43-44(33-13-3-1-4-14-33)50-30-12-11-21-41(50)48-43)34-26-22-31(23-27-34)32-24-28-35(29-25-32)47-49-42-39-19-9-7-17-37(39)38-18-8-10-20-40(38)45(42)51(47)36-15-5-2-6-16-36/h1-30H. The number of benzene rings is 7. The third-order valence-corrected chi connectivity index (χ3v) is 9.96. The lowest BCUT2D eigenvalue weighted by Crippen LogP contribution is -2.04. The molecular formula is C47H30N4O. The zero-order valence-electron chi connectivity index (χ0n) is 28.0. The van der Waals surface area contributed by atoms with Crippen molar-refractivity contribution in [1.82, 2.24) is 18.9 Å². The average molecular weight is 667 g/mol. The third-order valence-electron chi connectivity index (χ3n) is 9.96. The molecule has 0 saturated heterocycles. The molecule has 0 N–H and O–H groups in total. The van der Waals surface area contributed by atoms with Gasteiger partial charge in [-0.3, -0.25) is 13.8 Å². The minimum absolute atomic E-state index is 0.107. The number of aromatic nitrogens is 4. The van der Waals surface area contributed by atoms with Crippen molar-refractivity contribution in [3.05, 3.63) is 193 Å². The van der Waals surface area contributed by atoms with Crippen LogP contribution in [-0.4, -0.2) is 24.7 Å². The molecule has 0 bridgehead atoms. The van der Waals surface area contributed by atoms with Gasteiger partial charge in [0.1, 0.15) is 17.2 Å². The van der Waals surface area contributed by atoms with Crippen molar-refractivity contribution in [2.24, 2.45) is 0 Å². The van der Waals surface area contributed by atoms with Crippen LogP contribution < -0.4 is 0 Å². The van der Waals surface area contributed by atoms with E-state index in [1.807, 2.05) is 89.5 Å². The van der Waals surface area contributed by atoms with Crippen LogP contribution in [-0.2, 0) is 0 Å². The molecule has 0 aliphatic heterocycles. The van der Waals surface area contributed by atoms with Crippen LogP contribution in [0.1, 0.15) is 16.1 Å². The molecule has 0 saturated carbocycles. The Labute approximate surface area is 299 Å². The summed E-state index contributed by atoms with van der Waals surface area (Å²) in [5.74, 6) is 0.779. The van der Waals surface area contributed by atoms with Gasteiger partial charge in [0.2, 0.25) is 5.78 Å². The summed E-state index contributed by atoms with van der Waals surface area (Å²) >= 11 is 0. The molecule has 0 radical (unpaired) electrons. The number of para-hydroxylation sites is 1. The Morgan fingerprint density at radius 3 is 1.73 bits per heavy atom. The number of fused-ring (bicyclic) bond motifs is 7. The Hall–Kier alpha value is -7.11. The van der Waals surface area contributed by atoms with Crippen molar-refractivity contribution >= 4 is 44.0 Å². The summed E-state index contributed by atoms with van der Waals surface area (Å²) < 4.78 is 4.28. The van der Waals surface area contributed by atoms with Gasteiger partial charge in [-0.15, -0.1) is 0 Å². The van der Waals surface area contributed by atoms with Crippen molar-refractivity contribution < 1.29 is 4.79 Å². The number of imidazole rings is 2. The topological polar surface area (TPSA) is 52.2 Å². The fraction of sp³-hybridized carbons (Fsp3) is 0. The molecule has 7 aromatic carbocycles. The number of hydrogen-bond donors (Lipinski definition) is 0. The smallest absolute Gasteiger partial charge is 0.213 e. The van der Waals surface area contributed by atoms with Crippen LogP contribution in [0.2, 0.25) is 0 Å². The summed E-state index contributed by atoms with van der Waals surface area (Å²) in [5, 5.41) is 4.72. The number of hydrogen-bond acceptors (Lipinski definition) is 3. The highest BCUT2D eigenvalue weighted by atomic mass is 16.1. The van der Waals surface area contributed by atoms with Crippen LogP contribution in [0.5, 0.6) is 0 Å². The first-order chi connectivity index (χ1) is 25.7. The fourth-order valence-corrected chi connectivity index (χ4v) is 7.52. The van der Waals surface area contributed by atoms with Crippen molar-refractivity contribution in [2.75, 3.05) is 0 Å². The van der Waals surface area contributed by atoms with Crippen molar-refractivity contribution in [2.45, 2.75) is 0 Å². The molecule has 5 heteroatoms. The zero-order chi connectivity index (χ0) is 34.6. The Kier molecular flexibility index (Phi) is 6.89. The summed E-state index contributed by atoms with van der Waals surface area (Å²) in [6.07, 6.45) is 1.95. The summed E-state index contributed by atoms with van der Waals surface area (Å²) in [4.78, 5) is 24.1. The zero-order valence-corrected chi connectivity index (χ0v) is 28.0. The van der Waals surface area contributed by atoms with E-state index in [1.54, 1.807) is 0 Å². The number of rotatable bonds is 6. The molecule has 0 aliphatic carbocycles. The number of carbonyl (C=O) groups excluding carboxylic acids is 1. The van der Waals surface area contributed by atoms with E-state index in [0.717, 1.165) is 61.5 Å². The molecule has 10 aromatic rings. The second kappa shape index (κ2) is 12.0. The normalized spacial score (nSPS) is 11.5. The van der Waals surface area contributed by atoms with Gasteiger partial charge in [-0.2, -0.15) is 0 Å². The molecular weight excluding hydrogens is 637 g/mol. The van der Waals surface area contributed by atoms with E-state index in [1.165, 1.54) is 16.2 Å². The van der Waals surface area contributed by atoms with E-state index < -0.39 is 0 Å². The maximum Gasteiger partial charge on any atom is 0.213 e. The molecule has 3 heterocycles. The van der Waals surface area contributed by atoms with E-state index in [-0.39, 0.29) is 5.78 Å². The van der Waals surface area contributed by atoms with Crippen LogP contribution >= 0.6 is 0 Å². The number of pyridine rings is 1. The first-order valence-electron chi connectivity index (χ1n) is 17.4. The molecule has 0 fully saturated rings. The highest BCUT2D eigenvalue weighted by Gasteiger charge is 2.22. The van der Waals surface area contributed by atoms with Gasteiger partial charge in [-0.25, -0.2) is 9.97 Å². The van der Waals surface area contributed by atoms with Crippen molar-refractivity contribution in [3.8, 4) is 39.5 Å². The molecule has 0 aliphatic rings. The molecule has 3 aromatic heterocycles. The lowest BCUT2D eigenvalue weighted by molar-refractivity contribution is 0.103. The molecule has 0 unspecified atom stereocenters. The molecule has 5 nitrogen and oxygen atoms in total. The van der Waals surface area contributed by atoms with Gasteiger partial charge >= 0.3 is 0 Å². The number of nitrogens with zero attached hydrogens (tertiary/aromatic N) is 4. The van der Waals surface area contributed by atoms with Gasteiger partial charge in [0.15, 0.2) is 0 Å². The Bertz CT molecular complexity index is 2940. The first kappa shape index (κ1) is 29.8. The van der Waals surface area contributed by atoms with E-state index in [0.29, 0.717) is 11.3 Å². The number of carbonyl (C=O) groups is 1. The van der Waals surface area contributed by atoms with Gasteiger partial charge < -0.3 is 0 Å². The second-order valence-electron chi connectivity index (χ2n) is 13.0. The Balaban J connectivity index is 1.04. The van der Waals surface area contributed by atoms with Gasteiger partial charge in [-0.05, 0) is 46.2 Å². The average Bonchev–Trinajstić information content (AvgIpc) is 3.82. The number of ketones is 1. The van der Waals surface area contributed by atoms with Crippen LogP contribution in [0.25, 0.3) is 77.7 Å². The van der Waals surface area contributed by atoms with Gasteiger partial charge in [0.25, 0.3) is 0 Å². The van der Waals surface area contributed by atoms with E-state index >= 15 is 0 Å². The summed E-state index contributed by atoms with van der Waals surface area (Å²) in [7, 11) is 0. The van der Waals surface area contributed by atoms with Crippen molar-refractivity contribution in [3.63, 3.8) is 0 Å². The largest absolute Gasteiger partial charge is 0.299 e. The molecule has 10 rings (SSSR count). The molecule has 0 atom stereocenters. The van der Waals surface area contributed by atoms with Crippen LogP contribution in [0, 0.1) is 0 Å². The highest BCUT2D eigenvalue weighted by Crippen LogP contribution is 2.39. The Morgan fingerprint density at radius 1 is 0.462 bits per heavy atom. The predicted octanol–water partition coefficient (Wildman–Crippen LogP) is 11.2. The molecule has 0 amide bonds. The van der Waals surface area contributed by atoms with Crippen LogP contribution in [0.3, 0.4) is 0 Å². The highest BCUT2D eigenvalue weighted by molar-refractivity contribution is 6.24. The molecule has 0 spiro atoms. The quantitative estimate of drug-likeness (QED) is 0.131. The second-order valence-corrected chi connectivity index (χ2v) is 13.0. The lowest BCUT2D eigenvalue weighted by Gasteiger charge is -2.12. The van der Waals surface area contributed by atoms with Gasteiger partial charge in [0.05, 0.1) is 16.7 Å². The minimum atomic E-state index is -0.107. The van der Waals surface area contributed by atoms with Gasteiger partial charge in [-0.1, -0.05) is 152 Å². The lowest BCUT2D eigenvalue weighted by atomic mass is 9.99. The van der Waals surface area contributed by atoms with Crippen molar-refractivity contribution in [1.29, 1.82) is 0 Å². The SMILES string of the molecule is O=C(c1ccc(-c2ccc(-c3nc4c5ccccc5c5ccccc5c4n3-c3ccccc3)cc2)cc1)c1nc2ccccn2c1-c1ccccc1. The van der Waals surface area contributed by atoms with E-state index in [4.69, 9.17) is 9.97 Å². The molecule has 52 heavy (non-hydrogen) atoms. The van der Waals surface area contributed by atoms with Gasteiger partial charge in [0, 0.05) is 39.3 Å². The maximum absolute atomic E-state index is 14.0. The minimum Gasteiger partial charge on any atom is -0.299 e. The van der Waals surface area contributed by atoms with E-state index in [2.05, 4.69) is 102 Å². The summed E-state index contributed by atoms with van der Waals surface area (Å²) in [6, 6.07) is 59.8. The third kappa shape index (κ3) is 4.75. The van der Waals surface area contributed by atoms with E-state index in [9.17, 15) is 4.79 Å². The fourth-order valence-electron chi connectivity index (χ4n) is 7.52. The summed E-state index contributed by atoms with van der Waals surface area (Å²) in [5.41, 5.74) is 9.76. The van der Waals surface area contributed by atoms with Crippen LogP contribution in [0.4, 0.5) is 0 Å². The summed E-state index contributed by atoms with van der Waals surface area (Å²) in [6.45, 7) is 0. The predicted molar refractivity (Wildman–Crippen MR) is 211 cm³/mol. The molecule has 244 valence electrons.